The van der Waals surface area contributed by atoms with E-state index < -0.39 is 0 Å². The normalized spacial score (nSPS) is 25.7. The zero-order valence-electron chi connectivity index (χ0n) is 6.59. The Morgan fingerprint density at radius 1 is 1.60 bits per heavy atom. The van der Waals surface area contributed by atoms with Crippen molar-refractivity contribution in [2.24, 2.45) is 5.92 Å². The van der Waals surface area contributed by atoms with Gasteiger partial charge in [-0.25, -0.2) is 0 Å². The Morgan fingerprint density at radius 3 is 2.70 bits per heavy atom. The van der Waals surface area contributed by atoms with Crippen molar-refractivity contribution in [1.29, 1.82) is 0 Å². The fourth-order valence-electron chi connectivity index (χ4n) is 1.17. The summed E-state index contributed by atoms with van der Waals surface area (Å²) in [7, 11) is 0. The van der Waals surface area contributed by atoms with Crippen LogP contribution in [0.4, 0.5) is 0 Å². The number of thioether (sulfide) groups is 1. The minimum Gasteiger partial charge on any atom is -0.298 e. The maximum absolute atomic E-state index is 11.3. The Bertz CT molecular complexity index is 125. The van der Waals surface area contributed by atoms with E-state index >= 15 is 0 Å². The van der Waals surface area contributed by atoms with Crippen molar-refractivity contribution in [2.45, 2.75) is 31.9 Å². The molecular weight excluding hydrogens is 144 g/mol. The van der Waals surface area contributed by atoms with E-state index in [9.17, 15) is 4.79 Å². The van der Waals surface area contributed by atoms with E-state index in [1.165, 1.54) is 12.2 Å². The Balaban J connectivity index is 2.40. The van der Waals surface area contributed by atoms with Gasteiger partial charge in [-0.2, -0.15) is 11.8 Å². The molecule has 1 fully saturated rings. The quantitative estimate of drug-likeness (QED) is 0.612. The van der Waals surface area contributed by atoms with Gasteiger partial charge in [0.15, 0.2) is 0 Å². The molecule has 0 unspecified atom stereocenters. The third kappa shape index (κ3) is 1.75. The Hall–Kier alpha value is 0.0200. The molecule has 0 spiro atoms. The van der Waals surface area contributed by atoms with Gasteiger partial charge in [0, 0.05) is 5.92 Å². The number of rotatable bonds is 2. The summed E-state index contributed by atoms with van der Waals surface area (Å²) in [4.78, 5) is 11.3. The largest absolute Gasteiger partial charge is 0.298 e. The summed E-state index contributed by atoms with van der Waals surface area (Å²) in [5.41, 5.74) is 0. The van der Waals surface area contributed by atoms with E-state index in [1.54, 1.807) is 0 Å². The van der Waals surface area contributed by atoms with Crippen LogP contribution < -0.4 is 0 Å². The number of carbonyl (C=O) groups excluding carboxylic acids is 1. The highest BCUT2D eigenvalue weighted by molar-refractivity contribution is 8.00. The smallest absolute Gasteiger partial charge is 0.148 e. The molecule has 1 aliphatic rings. The Kier molecular flexibility index (Phi) is 2.78. The lowest BCUT2D eigenvalue weighted by atomic mass is 10.0. The van der Waals surface area contributed by atoms with E-state index in [0.717, 1.165) is 6.42 Å². The van der Waals surface area contributed by atoms with Crippen molar-refractivity contribution in [3.63, 3.8) is 0 Å². The average Bonchev–Trinajstić information content (AvgIpc) is 2.36. The van der Waals surface area contributed by atoms with Crippen LogP contribution in [0.5, 0.6) is 0 Å². The van der Waals surface area contributed by atoms with Gasteiger partial charge in [-0.15, -0.1) is 0 Å². The van der Waals surface area contributed by atoms with Crippen LogP contribution in [0.15, 0.2) is 0 Å². The minimum atomic E-state index is 0.232. The first-order valence-corrected chi connectivity index (χ1v) is 4.92. The molecule has 0 radical (unpaired) electrons. The molecule has 0 saturated carbocycles. The van der Waals surface area contributed by atoms with Gasteiger partial charge in [0.25, 0.3) is 0 Å². The second-order valence-electron chi connectivity index (χ2n) is 3.06. The molecule has 1 saturated heterocycles. The van der Waals surface area contributed by atoms with Crippen LogP contribution in [0.2, 0.25) is 0 Å². The van der Waals surface area contributed by atoms with Gasteiger partial charge in [-0.05, 0) is 18.6 Å². The van der Waals surface area contributed by atoms with Crippen molar-refractivity contribution in [1.82, 2.24) is 0 Å². The van der Waals surface area contributed by atoms with E-state index in [-0.39, 0.29) is 5.92 Å². The van der Waals surface area contributed by atoms with Crippen LogP contribution in [-0.4, -0.2) is 16.8 Å². The molecule has 1 aliphatic heterocycles. The molecule has 1 rings (SSSR count). The van der Waals surface area contributed by atoms with Gasteiger partial charge in [0.1, 0.15) is 5.78 Å². The first-order chi connectivity index (χ1) is 4.72. The first-order valence-electron chi connectivity index (χ1n) is 3.87. The SMILES string of the molecule is CC(C)C(=O)[C@@H]1CCCS1. The molecule has 0 aromatic rings. The average molecular weight is 158 g/mol. The summed E-state index contributed by atoms with van der Waals surface area (Å²) < 4.78 is 0. The van der Waals surface area contributed by atoms with Crippen LogP contribution in [0.1, 0.15) is 26.7 Å². The number of hydrogen-bond acceptors (Lipinski definition) is 2. The van der Waals surface area contributed by atoms with Crippen molar-refractivity contribution in [2.75, 3.05) is 5.75 Å². The second-order valence-corrected chi connectivity index (χ2v) is 4.37. The molecule has 0 aromatic carbocycles. The van der Waals surface area contributed by atoms with Crippen LogP contribution in [0.3, 0.4) is 0 Å². The number of hydrogen-bond donors (Lipinski definition) is 0. The van der Waals surface area contributed by atoms with Crippen LogP contribution >= 0.6 is 11.8 Å². The summed E-state index contributed by atoms with van der Waals surface area (Å²) in [5.74, 6) is 1.86. The standard InChI is InChI=1S/C8H14OS/c1-6(2)8(9)7-4-3-5-10-7/h6-7H,3-5H2,1-2H3/t7-/m0/s1. The molecule has 2 heteroatoms. The summed E-state index contributed by atoms with van der Waals surface area (Å²) >= 11 is 1.83. The van der Waals surface area contributed by atoms with Gasteiger partial charge in [-0.3, -0.25) is 4.79 Å². The molecule has 1 heterocycles. The zero-order valence-corrected chi connectivity index (χ0v) is 7.41. The van der Waals surface area contributed by atoms with Crippen molar-refractivity contribution < 1.29 is 4.79 Å². The Morgan fingerprint density at radius 2 is 2.30 bits per heavy atom. The van der Waals surface area contributed by atoms with Crippen LogP contribution in [0, 0.1) is 5.92 Å². The Labute approximate surface area is 66.6 Å². The van der Waals surface area contributed by atoms with E-state index in [0.29, 0.717) is 11.0 Å². The number of carbonyl (C=O) groups is 1. The van der Waals surface area contributed by atoms with Gasteiger partial charge < -0.3 is 0 Å². The fraction of sp³-hybridized carbons (Fsp3) is 0.875. The lowest BCUT2D eigenvalue weighted by Crippen LogP contribution is -2.19. The van der Waals surface area contributed by atoms with Crippen LogP contribution in [-0.2, 0) is 4.79 Å². The van der Waals surface area contributed by atoms with Crippen molar-refractivity contribution in [3.05, 3.63) is 0 Å². The van der Waals surface area contributed by atoms with E-state index in [4.69, 9.17) is 0 Å². The monoisotopic (exact) mass is 158 g/mol. The molecule has 10 heavy (non-hydrogen) atoms. The molecule has 0 aliphatic carbocycles. The van der Waals surface area contributed by atoms with Gasteiger partial charge in [0.05, 0.1) is 5.25 Å². The first kappa shape index (κ1) is 8.12. The van der Waals surface area contributed by atoms with E-state index in [1.807, 2.05) is 25.6 Å². The topological polar surface area (TPSA) is 17.1 Å². The zero-order chi connectivity index (χ0) is 7.56. The van der Waals surface area contributed by atoms with Gasteiger partial charge >= 0.3 is 0 Å². The maximum atomic E-state index is 11.3. The lowest BCUT2D eigenvalue weighted by Gasteiger charge is -2.08. The number of Topliss-reactive ketones (excluding diaryl/α,β-unsaturated/α-hetero) is 1. The highest BCUT2D eigenvalue weighted by Crippen LogP contribution is 2.28. The molecule has 0 N–H and O–H groups in total. The summed E-state index contributed by atoms with van der Waals surface area (Å²) in [6, 6.07) is 0. The van der Waals surface area contributed by atoms with Crippen molar-refractivity contribution >= 4 is 17.5 Å². The van der Waals surface area contributed by atoms with Crippen LogP contribution in [0.25, 0.3) is 0 Å². The minimum absolute atomic E-state index is 0.232. The third-order valence-corrected chi connectivity index (χ3v) is 3.21. The maximum Gasteiger partial charge on any atom is 0.148 e. The molecule has 0 bridgehead atoms. The predicted molar refractivity (Wildman–Crippen MR) is 45.3 cm³/mol. The number of ketones is 1. The second kappa shape index (κ2) is 3.42. The summed E-state index contributed by atoms with van der Waals surface area (Å²) in [6.45, 7) is 3.97. The molecule has 58 valence electrons. The fourth-order valence-corrected chi connectivity index (χ4v) is 2.56. The molecular formula is C8H14OS. The molecule has 0 amide bonds. The highest BCUT2D eigenvalue weighted by Gasteiger charge is 2.24. The highest BCUT2D eigenvalue weighted by atomic mass is 32.2. The van der Waals surface area contributed by atoms with E-state index in [2.05, 4.69) is 0 Å². The predicted octanol–water partition coefficient (Wildman–Crippen LogP) is 2.11. The lowest BCUT2D eigenvalue weighted by molar-refractivity contribution is -0.121. The summed E-state index contributed by atoms with van der Waals surface area (Å²) in [5, 5.41) is 0.333. The van der Waals surface area contributed by atoms with Gasteiger partial charge in [0.2, 0.25) is 0 Å². The van der Waals surface area contributed by atoms with Gasteiger partial charge in [-0.1, -0.05) is 13.8 Å². The summed E-state index contributed by atoms with van der Waals surface area (Å²) in [6.07, 6.45) is 2.34. The third-order valence-electron chi connectivity index (χ3n) is 1.82. The molecule has 1 atom stereocenters. The molecule has 1 nitrogen and oxygen atoms in total. The molecule has 0 aromatic heterocycles. The van der Waals surface area contributed by atoms with Crippen molar-refractivity contribution in [3.8, 4) is 0 Å².